The maximum Gasteiger partial charge on any atom is 0.306 e. The minimum atomic E-state index is -0.760. The standard InChI is InChI=1S/C48H92O6/c1-6-8-9-10-11-12-13-18-25-30-35-40-48(51)54-45(42-53-47(50)39-34-29-24-20-19-21-26-31-36-43(3)4)41-52-46(49)38-33-28-23-17-15-14-16-22-27-32-37-44(5)7-2/h43-45H,6-42H2,1-5H3/t44?,45-/m0/s1. The van der Waals surface area contributed by atoms with Gasteiger partial charge < -0.3 is 14.2 Å². The second-order valence-electron chi connectivity index (χ2n) is 17.1. The van der Waals surface area contributed by atoms with Crippen LogP contribution in [0.15, 0.2) is 0 Å². The third-order valence-corrected chi connectivity index (χ3v) is 11.1. The molecule has 0 aliphatic carbocycles. The molecule has 54 heavy (non-hydrogen) atoms. The fourth-order valence-electron chi connectivity index (χ4n) is 7.07. The second kappa shape index (κ2) is 41.1. The van der Waals surface area contributed by atoms with E-state index in [9.17, 15) is 14.4 Å². The molecule has 0 radical (unpaired) electrons. The fraction of sp³-hybridized carbons (Fsp3) is 0.938. The van der Waals surface area contributed by atoms with E-state index < -0.39 is 6.10 Å². The summed E-state index contributed by atoms with van der Waals surface area (Å²) in [6.07, 6.45) is 39.4. The summed E-state index contributed by atoms with van der Waals surface area (Å²) in [6, 6.07) is 0. The van der Waals surface area contributed by atoms with E-state index in [4.69, 9.17) is 14.2 Å². The van der Waals surface area contributed by atoms with E-state index in [1.807, 2.05) is 0 Å². The summed E-state index contributed by atoms with van der Waals surface area (Å²) in [5.74, 6) is 0.809. The molecular weight excluding hydrogens is 673 g/mol. The number of esters is 3. The Morgan fingerprint density at radius 2 is 0.704 bits per heavy atom. The average molecular weight is 765 g/mol. The van der Waals surface area contributed by atoms with Gasteiger partial charge in [-0.15, -0.1) is 0 Å². The SMILES string of the molecule is CCCCCCCCCCCCCC(=O)O[C@@H](COC(=O)CCCCCCCCCCCCC(C)CC)COC(=O)CCCCCCCCCCC(C)C. The van der Waals surface area contributed by atoms with Crippen molar-refractivity contribution in [2.75, 3.05) is 13.2 Å². The molecule has 0 aliphatic rings. The molecular formula is C48H92O6. The van der Waals surface area contributed by atoms with Crippen LogP contribution in [0, 0.1) is 11.8 Å². The Bertz CT molecular complexity index is 826. The lowest BCUT2D eigenvalue weighted by molar-refractivity contribution is -0.167. The van der Waals surface area contributed by atoms with Gasteiger partial charge in [0.1, 0.15) is 13.2 Å². The molecule has 0 heterocycles. The molecule has 0 rings (SSSR count). The van der Waals surface area contributed by atoms with E-state index in [0.29, 0.717) is 19.3 Å². The van der Waals surface area contributed by atoms with Gasteiger partial charge in [0.15, 0.2) is 6.10 Å². The number of carbonyl (C=O) groups is 3. The van der Waals surface area contributed by atoms with Gasteiger partial charge in [-0.1, -0.05) is 221 Å². The van der Waals surface area contributed by atoms with Gasteiger partial charge in [0.05, 0.1) is 0 Å². The molecule has 6 heteroatoms. The monoisotopic (exact) mass is 765 g/mol. The summed E-state index contributed by atoms with van der Waals surface area (Å²) in [6.45, 7) is 11.3. The van der Waals surface area contributed by atoms with E-state index in [2.05, 4.69) is 34.6 Å². The van der Waals surface area contributed by atoms with Crippen molar-refractivity contribution in [3.05, 3.63) is 0 Å². The summed E-state index contributed by atoms with van der Waals surface area (Å²) in [4.78, 5) is 37.7. The number of unbranched alkanes of at least 4 members (excludes halogenated alkanes) is 26. The third kappa shape index (κ3) is 40.1. The predicted octanol–water partition coefficient (Wildman–Crippen LogP) is 15.0. The first-order valence-corrected chi connectivity index (χ1v) is 23.8. The Labute approximate surface area is 336 Å². The highest BCUT2D eigenvalue weighted by Gasteiger charge is 2.19. The highest BCUT2D eigenvalue weighted by Crippen LogP contribution is 2.17. The van der Waals surface area contributed by atoms with Crippen molar-refractivity contribution in [3.63, 3.8) is 0 Å². The van der Waals surface area contributed by atoms with E-state index >= 15 is 0 Å². The normalized spacial score (nSPS) is 12.6. The average Bonchev–Trinajstić information content (AvgIpc) is 3.15. The molecule has 0 amide bonds. The molecule has 320 valence electrons. The van der Waals surface area contributed by atoms with Crippen LogP contribution in [0.2, 0.25) is 0 Å². The van der Waals surface area contributed by atoms with Crippen molar-refractivity contribution in [2.24, 2.45) is 11.8 Å². The molecule has 0 aromatic heterocycles. The number of rotatable bonds is 42. The zero-order chi connectivity index (χ0) is 39.7. The molecule has 0 bridgehead atoms. The van der Waals surface area contributed by atoms with Crippen molar-refractivity contribution in [3.8, 4) is 0 Å². The summed E-state index contributed by atoms with van der Waals surface area (Å²) in [5, 5.41) is 0. The van der Waals surface area contributed by atoms with Crippen molar-refractivity contribution >= 4 is 17.9 Å². The molecule has 6 nitrogen and oxygen atoms in total. The van der Waals surface area contributed by atoms with E-state index in [0.717, 1.165) is 69.6 Å². The van der Waals surface area contributed by atoms with E-state index in [-0.39, 0.29) is 31.1 Å². The molecule has 1 unspecified atom stereocenters. The van der Waals surface area contributed by atoms with Crippen LogP contribution in [0.5, 0.6) is 0 Å². The maximum absolute atomic E-state index is 12.7. The van der Waals surface area contributed by atoms with Crippen molar-refractivity contribution in [2.45, 2.75) is 265 Å². The lowest BCUT2D eigenvalue weighted by atomic mass is 9.99. The first kappa shape index (κ1) is 52.4. The van der Waals surface area contributed by atoms with Gasteiger partial charge in [0, 0.05) is 19.3 Å². The van der Waals surface area contributed by atoms with Crippen molar-refractivity contribution < 1.29 is 28.6 Å². The summed E-state index contributed by atoms with van der Waals surface area (Å²) >= 11 is 0. The Morgan fingerprint density at radius 3 is 1.06 bits per heavy atom. The zero-order valence-corrected chi connectivity index (χ0v) is 36.8. The molecule has 0 fully saturated rings. The van der Waals surface area contributed by atoms with Crippen LogP contribution in [0.4, 0.5) is 0 Å². The maximum atomic E-state index is 12.7. The van der Waals surface area contributed by atoms with Crippen LogP contribution < -0.4 is 0 Å². The second-order valence-corrected chi connectivity index (χ2v) is 17.1. The topological polar surface area (TPSA) is 78.9 Å². The van der Waals surface area contributed by atoms with Crippen LogP contribution in [-0.2, 0) is 28.6 Å². The first-order chi connectivity index (χ1) is 26.3. The number of hydrogen-bond acceptors (Lipinski definition) is 6. The van der Waals surface area contributed by atoms with Crippen LogP contribution >= 0.6 is 0 Å². The molecule has 0 aliphatic heterocycles. The summed E-state index contributed by atoms with van der Waals surface area (Å²) < 4.78 is 16.7. The van der Waals surface area contributed by atoms with Gasteiger partial charge in [0.25, 0.3) is 0 Å². The Balaban J connectivity index is 4.33. The molecule has 0 aromatic carbocycles. The number of hydrogen-bond donors (Lipinski definition) is 0. The molecule has 0 saturated carbocycles. The molecule has 0 saturated heterocycles. The van der Waals surface area contributed by atoms with Crippen molar-refractivity contribution in [1.29, 1.82) is 0 Å². The Hall–Kier alpha value is -1.59. The first-order valence-electron chi connectivity index (χ1n) is 23.8. The van der Waals surface area contributed by atoms with E-state index in [1.165, 1.54) is 148 Å². The van der Waals surface area contributed by atoms with E-state index in [1.54, 1.807) is 0 Å². The van der Waals surface area contributed by atoms with Gasteiger partial charge in [-0.3, -0.25) is 14.4 Å². The predicted molar refractivity (Wildman–Crippen MR) is 229 cm³/mol. The molecule has 0 N–H and O–H groups in total. The van der Waals surface area contributed by atoms with Crippen molar-refractivity contribution in [1.82, 2.24) is 0 Å². The largest absolute Gasteiger partial charge is 0.462 e. The Morgan fingerprint density at radius 1 is 0.389 bits per heavy atom. The summed E-state index contributed by atoms with van der Waals surface area (Å²) in [7, 11) is 0. The quantitative estimate of drug-likeness (QED) is 0.0350. The minimum absolute atomic E-state index is 0.0648. The van der Waals surface area contributed by atoms with Gasteiger partial charge in [0.2, 0.25) is 0 Å². The lowest BCUT2D eigenvalue weighted by Crippen LogP contribution is -2.30. The lowest BCUT2D eigenvalue weighted by Gasteiger charge is -2.18. The van der Waals surface area contributed by atoms with Crippen LogP contribution in [-0.4, -0.2) is 37.2 Å². The zero-order valence-electron chi connectivity index (χ0n) is 36.8. The molecule has 0 aromatic rings. The molecule has 2 atom stereocenters. The van der Waals surface area contributed by atoms with Gasteiger partial charge >= 0.3 is 17.9 Å². The highest BCUT2D eigenvalue weighted by atomic mass is 16.6. The van der Waals surface area contributed by atoms with Gasteiger partial charge in [-0.05, 0) is 31.1 Å². The number of carbonyl (C=O) groups excluding carboxylic acids is 3. The minimum Gasteiger partial charge on any atom is -0.462 e. The van der Waals surface area contributed by atoms with Crippen LogP contribution in [0.1, 0.15) is 259 Å². The van der Waals surface area contributed by atoms with Gasteiger partial charge in [-0.2, -0.15) is 0 Å². The smallest absolute Gasteiger partial charge is 0.306 e. The highest BCUT2D eigenvalue weighted by molar-refractivity contribution is 5.71. The van der Waals surface area contributed by atoms with Crippen LogP contribution in [0.25, 0.3) is 0 Å². The Kier molecular flexibility index (Phi) is 39.8. The number of ether oxygens (including phenoxy) is 3. The summed E-state index contributed by atoms with van der Waals surface area (Å²) in [5.41, 5.74) is 0. The van der Waals surface area contributed by atoms with Gasteiger partial charge in [-0.25, -0.2) is 0 Å². The fourth-order valence-corrected chi connectivity index (χ4v) is 7.07. The third-order valence-electron chi connectivity index (χ3n) is 11.1. The molecule has 0 spiro atoms. The van der Waals surface area contributed by atoms with Crippen LogP contribution in [0.3, 0.4) is 0 Å².